The third-order valence-corrected chi connectivity index (χ3v) is 3.63. The molecule has 0 atom stereocenters. The molecule has 4 heteroatoms. The predicted octanol–water partition coefficient (Wildman–Crippen LogP) is 3.63. The number of H-pyrrole nitrogens is 1. The third-order valence-electron chi connectivity index (χ3n) is 3.08. The molecule has 0 saturated carbocycles. The van der Waals surface area contributed by atoms with E-state index in [0.717, 1.165) is 30.8 Å². The fourth-order valence-electron chi connectivity index (χ4n) is 2.21. The lowest BCUT2D eigenvalue weighted by atomic mass is 10.1. The number of nitrogens with one attached hydrogen (secondary N) is 2. The van der Waals surface area contributed by atoms with Crippen molar-refractivity contribution in [2.75, 3.05) is 6.54 Å². The Kier molecular flexibility index (Phi) is 2.87. The Morgan fingerprint density at radius 1 is 1.12 bits per heavy atom. The van der Waals surface area contributed by atoms with Crippen LogP contribution < -0.4 is 5.32 Å². The van der Waals surface area contributed by atoms with E-state index in [1.165, 1.54) is 11.3 Å². The normalized spacial score (nSPS) is 14.7. The van der Waals surface area contributed by atoms with Crippen LogP contribution in [0.25, 0.3) is 11.3 Å². The number of hydrogen-bond acceptors (Lipinski definition) is 1. The molecular formula is C13H12Cl2N2. The molecule has 0 radical (unpaired) electrons. The molecule has 0 amide bonds. The summed E-state index contributed by atoms with van der Waals surface area (Å²) in [6.07, 6.45) is 1.04. The molecule has 1 aliphatic rings. The standard InChI is InChI=1S/C13H12Cl2N2/c14-9-1-2-10(11(15)6-9)13-5-8-7-16-4-3-12(8)17-13/h1-2,5-6,16-17H,3-4,7H2. The SMILES string of the molecule is Clc1ccc(-c2cc3c([nH]2)CCNC3)c(Cl)c1. The van der Waals surface area contributed by atoms with E-state index in [4.69, 9.17) is 23.2 Å². The van der Waals surface area contributed by atoms with Crippen LogP contribution in [0.2, 0.25) is 10.0 Å². The van der Waals surface area contributed by atoms with Crippen molar-refractivity contribution >= 4 is 23.2 Å². The van der Waals surface area contributed by atoms with Crippen LogP contribution in [-0.4, -0.2) is 11.5 Å². The fourth-order valence-corrected chi connectivity index (χ4v) is 2.72. The highest BCUT2D eigenvalue weighted by molar-refractivity contribution is 6.36. The average molecular weight is 267 g/mol. The second-order valence-corrected chi connectivity index (χ2v) is 5.08. The van der Waals surface area contributed by atoms with Crippen molar-refractivity contribution < 1.29 is 0 Å². The molecule has 1 aromatic heterocycles. The Labute approximate surface area is 110 Å². The van der Waals surface area contributed by atoms with Gasteiger partial charge in [-0.25, -0.2) is 0 Å². The fraction of sp³-hybridized carbons (Fsp3) is 0.231. The van der Waals surface area contributed by atoms with E-state index in [1.807, 2.05) is 12.1 Å². The van der Waals surface area contributed by atoms with Crippen molar-refractivity contribution in [3.63, 3.8) is 0 Å². The van der Waals surface area contributed by atoms with Gasteiger partial charge in [-0.3, -0.25) is 0 Å². The zero-order chi connectivity index (χ0) is 11.8. The van der Waals surface area contributed by atoms with Crippen LogP contribution in [0.3, 0.4) is 0 Å². The maximum atomic E-state index is 6.21. The van der Waals surface area contributed by atoms with E-state index < -0.39 is 0 Å². The first-order chi connectivity index (χ1) is 8.24. The van der Waals surface area contributed by atoms with Crippen molar-refractivity contribution in [2.45, 2.75) is 13.0 Å². The Balaban J connectivity index is 2.06. The molecule has 0 bridgehead atoms. The van der Waals surface area contributed by atoms with E-state index in [2.05, 4.69) is 16.4 Å². The molecule has 0 aliphatic carbocycles. The lowest BCUT2D eigenvalue weighted by molar-refractivity contribution is 0.638. The number of halogens is 2. The molecule has 0 spiro atoms. The van der Waals surface area contributed by atoms with E-state index in [1.54, 1.807) is 6.07 Å². The summed E-state index contributed by atoms with van der Waals surface area (Å²) in [5.41, 5.74) is 4.72. The summed E-state index contributed by atoms with van der Waals surface area (Å²) in [7, 11) is 0. The van der Waals surface area contributed by atoms with Gasteiger partial charge in [-0.1, -0.05) is 23.2 Å². The maximum Gasteiger partial charge on any atom is 0.0514 e. The Morgan fingerprint density at radius 3 is 2.76 bits per heavy atom. The highest BCUT2D eigenvalue weighted by atomic mass is 35.5. The van der Waals surface area contributed by atoms with Crippen LogP contribution in [0.5, 0.6) is 0 Å². The quantitative estimate of drug-likeness (QED) is 0.811. The number of rotatable bonds is 1. The largest absolute Gasteiger partial charge is 0.358 e. The van der Waals surface area contributed by atoms with Crippen molar-refractivity contribution in [1.29, 1.82) is 0 Å². The number of aromatic nitrogens is 1. The summed E-state index contributed by atoms with van der Waals surface area (Å²) in [5, 5.41) is 4.70. The number of hydrogen-bond donors (Lipinski definition) is 2. The highest BCUT2D eigenvalue weighted by Crippen LogP contribution is 2.31. The van der Waals surface area contributed by atoms with Gasteiger partial charge in [0.2, 0.25) is 0 Å². The first-order valence-electron chi connectivity index (χ1n) is 5.61. The molecular weight excluding hydrogens is 255 g/mol. The van der Waals surface area contributed by atoms with Gasteiger partial charge in [0.05, 0.1) is 5.02 Å². The number of aromatic amines is 1. The summed E-state index contributed by atoms with van der Waals surface area (Å²) in [6.45, 7) is 1.96. The van der Waals surface area contributed by atoms with Gasteiger partial charge in [0, 0.05) is 41.5 Å². The molecule has 2 nitrogen and oxygen atoms in total. The average Bonchev–Trinajstić information content (AvgIpc) is 2.72. The van der Waals surface area contributed by atoms with Crippen LogP contribution in [0.4, 0.5) is 0 Å². The topological polar surface area (TPSA) is 27.8 Å². The molecule has 2 heterocycles. The summed E-state index contributed by atoms with van der Waals surface area (Å²) in [5.74, 6) is 0. The number of fused-ring (bicyclic) bond motifs is 1. The Bertz CT molecular complexity index is 537. The molecule has 1 aliphatic heterocycles. The maximum absolute atomic E-state index is 6.21. The van der Waals surface area contributed by atoms with Crippen LogP contribution in [0.1, 0.15) is 11.3 Å². The molecule has 0 unspecified atom stereocenters. The molecule has 0 fully saturated rings. The molecule has 2 N–H and O–H groups in total. The summed E-state index contributed by atoms with van der Waals surface area (Å²) in [6, 6.07) is 7.75. The van der Waals surface area contributed by atoms with Gasteiger partial charge in [-0.15, -0.1) is 0 Å². The minimum Gasteiger partial charge on any atom is -0.358 e. The zero-order valence-electron chi connectivity index (χ0n) is 9.19. The Hall–Kier alpha value is -0.960. The van der Waals surface area contributed by atoms with Crippen LogP contribution in [0, 0.1) is 0 Å². The van der Waals surface area contributed by atoms with E-state index >= 15 is 0 Å². The second-order valence-electron chi connectivity index (χ2n) is 4.24. The van der Waals surface area contributed by atoms with Crippen molar-refractivity contribution in [3.05, 3.63) is 45.6 Å². The Morgan fingerprint density at radius 2 is 2.00 bits per heavy atom. The third kappa shape index (κ3) is 2.08. The second kappa shape index (κ2) is 4.37. The van der Waals surface area contributed by atoms with Crippen molar-refractivity contribution in [2.24, 2.45) is 0 Å². The molecule has 1 aromatic carbocycles. The van der Waals surface area contributed by atoms with Crippen molar-refractivity contribution in [3.8, 4) is 11.3 Å². The van der Waals surface area contributed by atoms with Gasteiger partial charge in [0.25, 0.3) is 0 Å². The smallest absolute Gasteiger partial charge is 0.0514 e. The van der Waals surface area contributed by atoms with Gasteiger partial charge >= 0.3 is 0 Å². The molecule has 88 valence electrons. The van der Waals surface area contributed by atoms with Crippen LogP contribution >= 0.6 is 23.2 Å². The van der Waals surface area contributed by atoms with Crippen LogP contribution in [0.15, 0.2) is 24.3 Å². The molecule has 3 rings (SSSR count). The van der Waals surface area contributed by atoms with E-state index in [0.29, 0.717) is 10.0 Å². The minimum atomic E-state index is 0.664. The molecule has 2 aromatic rings. The minimum absolute atomic E-state index is 0.664. The summed E-state index contributed by atoms with van der Waals surface area (Å²) >= 11 is 12.1. The summed E-state index contributed by atoms with van der Waals surface area (Å²) in [4.78, 5) is 3.44. The van der Waals surface area contributed by atoms with Crippen molar-refractivity contribution in [1.82, 2.24) is 10.3 Å². The zero-order valence-corrected chi connectivity index (χ0v) is 10.7. The van der Waals surface area contributed by atoms with Gasteiger partial charge in [-0.05, 0) is 29.8 Å². The van der Waals surface area contributed by atoms with Gasteiger partial charge in [-0.2, -0.15) is 0 Å². The monoisotopic (exact) mass is 266 g/mol. The molecule has 17 heavy (non-hydrogen) atoms. The highest BCUT2D eigenvalue weighted by Gasteiger charge is 2.14. The van der Waals surface area contributed by atoms with E-state index in [-0.39, 0.29) is 0 Å². The predicted molar refractivity (Wildman–Crippen MR) is 71.7 cm³/mol. The number of benzene rings is 1. The first-order valence-corrected chi connectivity index (χ1v) is 6.36. The first kappa shape index (κ1) is 11.1. The van der Waals surface area contributed by atoms with Gasteiger partial charge in [0.1, 0.15) is 0 Å². The van der Waals surface area contributed by atoms with Gasteiger partial charge in [0.15, 0.2) is 0 Å². The lowest BCUT2D eigenvalue weighted by Gasteiger charge is -2.11. The summed E-state index contributed by atoms with van der Waals surface area (Å²) < 4.78 is 0. The van der Waals surface area contributed by atoms with E-state index in [9.17, 15) is 0 Å². The lowest BCUT2D eigenvalue weighted by Crippen LogP contribution is -2.22. The molecule has 0 saturated heterocycles. The van der Waals surface area contributed by atoms with Gasteiger partial charge < -0.3 is 10.3 Å². The van der Waals surface area contributed by atoms with Crippen LogP contribution in [-0.2, 0) is 13.0 Å².